The number of rotatable bonds is 6. The molecule has 0 fully saturated rings. The van der Waals surface area contributed by atoms with Crippen LogP contribution < -0.4 is 20.2 Å². The van der Waals surface area contributed by atoms with Gasteiger partial charge in [-0.05, 0) is 107 Å². The number of para-hydroxylation sites is 2. The van der Waals surface area contributed by atoms with Crippen LogP contribution in [0.3, 0.4) is 0 Å². The van der Waals surface area contributed by atoms with Crippen molar-refractivity contribution in [3.8, 4) is 33.7 Å². The van der Waals surface area contributed by atoms with E-state index in [1.165, 1.54) is 65.7 Å². The van der Waals surface area contributed by atoms with Crippen LogP contribution in [0.15, 0.2) is 182 Å². The Labute approximate surface area is 327 Å². The van der Waals surface area contributed by atoms with Gasteiger partial charge in [0.25, 0.3) is 0 Å². The molecule has 1 aromatic heterocycles. The van der Waals surface area contributed by atoms with Gasteiger partial charge in [0, 0.05) is 44.7 Å². The molecule has 2 heterocycles. The monoisotopic (exact) mass is 720 g/mol. The highest BCUT2D eigenvalue weighted by molar-refractivity contribution is 5.95. The third-order valence-electron chi connectivity index (χ3n) is 11.8. The summed E-state index contributed by atoms with van der Waals surface area (Å²) in [6.07, 6.45) is 14.7. The first-order valence-electron chi connectivity index (χ1n) is 19.7. The first-order chi connectivity index (χ1) is 27.7. The molecular formula is C53H40N2O. The van der Waals surface area contributed by atoms with Crippen molar-refractivity contribution in [1.29, 1.82) is 0 Å². The summed E-state index contributed by atoms with van der Waals surface area (Å²) in [6, 6.07) is 57.6. The molecule has 3 aliphatic rings. The maximum atomic E-state index is 6.31. The second-order valence-electron chi connectivity index (χ2n) is 15.3. The number of nitrogens with zero attached hydrogens (tertiary/aromatic N) is 2. The fourth-order valence-corrected chi connectivity index (χ4v) is 9.16. The van der Waals surface area contributed by atoms with Gasteiger partial charge in [-0.15, -0.1) is 0 Å². The van der Waals surface area contributed by atoms with Gasteiger partial charge in [-0.1, -0.05) is 134 Å². The topological polar surface area (TPSA) is 17.4 Å². The van der Waals surface area contributed by atoms with E-state index in [9.17, 15) is 0 Å². The maximum absolute atomic E-state index is 6.31. The highest BCUT2D eigenvalue weighted by Gasteiger charge is 2.33. The highest BCUT2D eigenvalue weighted by Crippen LogP contribution is 2.46. The van der Waals surface area contributed by atoms with Crippen molar-refractivity contribution in [2.24, 2.45) is 5.92 Å². The standard InChI is InChI=1S/C53H40N2O/c1-35-20-28-45-47-34-42(27-30-49(47)55(50(45)32-35)40-14-6-3-7-15-40)54(48-18-10-8-16-43(48)37-12-4-2-5-13-37)41-25-21-36(22-26-41)38-23-29-44-39(33-38)24-31-52-53(44)46-17-9-11-19-51(46)56-52/h2-19,21-35,46,51H,20H2,1H3. The number of hydrogen-bond acceptors (Lipinski definition) is 2. The Kier molecular flexibility index (Phi) is 7.67. The van der Waals surface area contributed by atoms with Crippen LogP contribution in [0.1, 0.15) is 24.8 Å². The first kappa shape index (κ1) is 32.6. The zero-order chi connectivity index (χ0) is 37.2. The van der Waals surface area contributed by atoms with E-state index in [4.69, 9.17) is 4.74 Å². The summed E-state index contributed by atoms with van der Waals surface area (Å²) < 4.78 is 8.74. The van der Waals surface area contributed by atoms with Crippen LogP contribution in [0.25, 0.3) is 61.8 Å². The zero-order valence-corrected chi connectivity index (χ0v) is 31.2. The number of anilines is 3. The Morgan fingerprint density at radius 1 is 0.625 bits per heavy atom. The van der Waals surface area contributed by atoms with Crippen molar-refractivity contribution in [3.05, 3.63) is 198 Å². The molecule has 1 aliphatic heterocycles. The maximum Gasteiger partial charge on any atom is 0.128 e. The van der Waals surface area contributed by atoms with E-state index >= 15 is 0 Å². The summed E-state index contributed by atoms with van der Waals surface area (Å²) in [6.45, 7) is 2.31. The molecule has 0 saturated heterocycles. The normalized spacial score (nSPS) is 17.8. The molecule has 7 aromatic carbocycles. The van der Waals surface area contributed by atoms with Gasteiger partial charge >= 0.3 is 0 Å². The van der Waals surface area contributed by atoms with Crippen LogP contribution in [-0.4, -0.2) is 10.7 Å². The minimum Gasteiger partial charge on any atom is -0.485 e. The Morgan fingerprint density at radius 3 is 2.23 bits per heavy atom. The second kappa shape index (κ2) is 13.2. The van der Waals surface area contributed by atoms with Crippen molar-refractivity contribution >= 4 is 50.9 Å². The van der Waals surface area contributed by atoms with Crippen molar-refractivity contribution in [2.45, 2.75) is 25.4 Å². The number of hydrogen-bond donors (Lipinski definition) is 0. The van der Waals surface area contributed by atoms with Gasteiger partial charge in [0.2, 0.25) is 0 Å². The summed E-state index contributed by atoms with van der Waals surface area (Å²) in [5, 5.41) is 6.36. The van der Waals surface area contributed by atoms with Gasteiger partial charge in [0.05, 0.1) is 16.6 Å². The third-order valence-corrected chi connectivity index (χ3v) is 11.8. The molecule has 0 radical (unpaired) electrons. The van der Waals surface area contributed by atoms with Gasteiger partial charge in [0.1, 0.15) is 11.9 Å². The van der Waals surface area contributed by atoms with E-state index in [0.717, 1.165) is 29.2 Å². The lowest BCUT2D eigenvalue weighted by Crippen LogP contribution is -2.31. The Bertz CT molecular complexity index is 2990. The number of benzene rings is 7. The summed E-state index contributed by atoms with van der Waals surface area (Å²) in [5.74, 6) is 1.74. The summed E-state index contributed by atoms with van der Waals surface area (Å²) in [4.78, 5) is 2.43. The molecule has 3 nitrogen and oxygen atoms in total. The third kappa shape index (κ3) is 5.34. The van der Waals surface area contributed by atoms with Gasteiger partial charge in [0.15, 0.2) is 0 Å². The van der Waals surface area contributed by atoms with Crippen LogP contribution in [-0.2, 0) is 0 Å². The molecule has 0 spiro atoms. The molecule has 11 rings (SSSR count). The van der Waals surface area contributed by atoms with E-state index < -0.39 is 0 Å². The van der Waals surface area contributed by atoms with Gasteiger partial charge in [-0.2, -0.15) is 0 Å². The predicted molar refractivity (Wildman–Crippen MR) is 234 cm³/mol. The molecule has 268 valence electrons. The average Bonchev–Trinajstić information content (AvgIpc) is 3.80. The Morgan fingerprint density at radius 2 is 1.38 bits per heavy atom. The molecule has 3 atom stereocenters. The molecule has 8 aromatic rings. The minimum atomic E-state index is 0.0814. The van der Waals surface area contributed by atoms with Crippen molar-refractivity contribution in [2.75, 3.05) is 4.90 Å². The van der Waals surface area contributed by atoms with E-state index in [1.54, 1.807) is 0 Å². The predicted octanol–water partition coefficient (Wildman–Crippen LogP) is 12.2. The quantitative estimate of drug-likeness (QED) is 0.170. The lowest BCUT2D eigenvalue weighted by Gasteiger charge is -2.28. The second-order valence-corrected chi connectivity index (χ2v) is 15.3. The van der Waals surface area contributed by atoms with Crippen molar-refractivity contribution in [1.82, 2.24) is 4.57 Å². The summed E-state index contributed by atoms with van der Waals surface area (Å²) in [5.41, 5.74) is 11.8. The number of fused-ring (bicyclic) bond motifs is 8. The minimum absolute atomic E-state index is 0.0814. The van der Waals surface area contributed by atoms with E-state index in [-0.39, 0.29) is 12.0 Å². The lowest BCUT2D eigenvalue weighted by atomic mass is 9.88. The smallest absolute Gasteiger partial charge is 0.128 e. The molecule has 0 N–H and O–H groups in total. The molecule has 2 aliphatic carbocycles. The first-order valence-corrected chi connectivity index (χ1v) is 19.7. The van der Waals surface area contributed by atoms with Crippen LogP contribution in [0.2, 0.25) is 0 Å². The molecule has 0 bridgehead atoms. The number of aromatic nitrogens is 1. The summed E-state index contributed by atoms with van der Waals surface area (Å²) >= 11 is 0. The van der Waals surface area contributed by atoms with Crippen molar-refractivity contribution in [3.63, 3.8) is 0 Å². The fourth-order valence-electron chi connectivity index (χ4n) is 9.16. The van der Waals surface area contributed by atoms with Crippen LogP contribution in [0.4, 0.5) is 17.1 Å². The van der Waals surface area contributed by atoms with Crippen LogP contribution in [0.5, 0.6) is 5.75 Å². The zero-order valence-electron chi connectivity index (χ0n) is 31.2. The molecule has 3 unspecified atom stereocenters. The van der Waals surface area contributed by atoms with Crippen LogP contribution in [0, 0.1) is 5.92 Å². The highest BCUT2D eigenvalue weighted by atomic mass is 16.5. The largest absolute Gasteiger partial charge is 0.485 e. The van der Waals surface area contributed by atoms with Gasteiger partial charge < -0.3 is 14.2 Å². The lowest BCUT2D eigenvalue weighted by molar-refractivity contribution is 0.269. The molecule has 56 heavy (non-hydrogen) atoms. The van der Waals surface area contributed by atoms with E-state index in [1.807, 2.05) is 0 Å². The van der Waals surface area contributed by atoms with Crippen LogP contribution >= 0.6 is 0 Å². The Balaban J connectivity index is 1.05. The average molecular weight is 721 g/mol. The molecule has 3 heteroatoms. The number of allylic oxidation sites excluding steroid dienone is 2. The van der Waals surface area contributed by atoms with Crippen molar-refractivity contribution < 1.29 is 4.74 Å². The fraction of sp³-hybridized carbons (Fsp3) is 0.0943. The SMILES string of the molecule is CC1C=c2c(c3cc(N(c4ccc(-c5ccc6c7c(ccc6c5)OC5C=CC=CC75)cc4)c4ccccc4-c4ccccc4)ccc3n2-c2ccccc2)=CC1. The van der Waals surface area contributed by atoms with E-state index in [2.05, 4.69) is 211 Å². The van der Waals surface area contributed by atoms with Gasteiger partial charge in [-0.3, -0.25) is 0 Å². The molecule has 0 amide bonds. The number of ether oxygens (including phenoxy) is 1. The van der Waals surface area contributed by atoms with E-state index in [0.29, 0.717) is 5.92 Å². The van der Waals surface area contributed by atoms with Gasteiger partial charge in [-0.25, -0.2) is 0 Å². The summed E-state index contributed by atoms with van der Waals surface area (Å²) in [7, 11) is 0. The molecule has 0 saturated carbocycles. The Hall–Kier alpha value is -6.84. The molecular weight excluding hydrogens is 681 g/mol.